The Bertz CT molecular complexity index is 1180. The number of anilines is 1. The number of hydrogen-bond acceptors (Lipinski definition) is 5. The predicted molar refractivity (Wildman–Crippen MR) is 118 cm³/mol. The lowest BCUT2D eigenvalue weighted by Crippen LogP contribution is -2.62. The Hall–Kier alpha value is -2.77. The van der Waals surface area contributed by atoms with Crippen LogP contribution in [0.5, 0.6) is 0 Å². The lowest BCUT2D eigenvalue weighted by Gasteiger charge is -2.44. The number of alkyl halides is 2. The first-order valence-corrected chi connectivity index (χ1v) is 10.8. The Kier molecular flexibility index (Phi) is 5.61. The summed E-state index contributed by atoms with van der Waals surface area (Å²) < 4.78 is 66.4. The van der Waals surface area contributed by atoms with Gasteiger partial charge in [-0.3, -0.25) is 4.98 Å². The lowest BCUT2D eigenvalue weighted by molar-refractivity contribution is -0.216. The molecule has 1 aromatic heterocycles. The summed E-state index contributed by atoms with van der Waals surface area (Å²) in [6, 6.07) is 4.96. The van der Waals surface area contributed by atoms with Crippen LogP contribution in [0.15, 0.2) is 24.4 Å². The number of nitrogens with one attached hydrogen (secondary N) is 2. The van der Waals surface area contributed by atoms with Gasteiger partial charge < -0.3 is 15.4 Å². The van der Waals surface area contributed by atoms with Gasteiger partial charge in [0.05, 0.1) is 29.6 Å². The number of nitrogens with zero attached hydrogens (tertiary/aromatic N) is 2. The van der Waals surface area contributed by atoms with Gasteiger partial charge in [0.25, 0.3) is 0 Å². The van der Waals surface area contributed by atoms with Crippen molar-refractivity contribution < 1.29 is 22.3 Å². The molecule has 1 aromatic carbocycles. The first-order valence-electron chi connectivity index (χ1n) is 10.4. The number of thiocarbonyl (C=S) groups is 1. The molecule has 2 aromatic rings. The molecule has 0 amide bonds. The van der Waals surface area contributed by atoms with E-state index in [-0.39, 0.29) is 17.3 Å². The molecule has 2 atom stereocenters. The zero-order valence-corrected chi connectivity index (χ0v) is 19.0. The van der Waals surface area contributed by atoms with E-state index < -0.39 is 40.3 Å². The van der Waals surface area contributed by atoms with E-state index in [1.54, 1.807) is 6.07 Å². The van der Waals surface area contributed by atoms with E-state index in [4.69, 9.17) is 22.2 Å². The number of rotatable bonds is 3. The SMILES string of the molecule is CC1(C)OCC(=S)N[C@](C)(c2cc(N[C@H]3CCc4cc(C#N)cnc43)c(F)cc2F)C1(F)F. The van der Waals surface area contributed by atoms with Gasteiger partial charge in [0, 0.05) is 17.8 Å². The van der Waals surface area contributed by atoms with Crippen molar-refractivity contribution in [2.24, 2.45) is 0 Å². The molecule has 2 aliphatic rings. The van der Waals surface area contributed by atoms with Gasteiger partial charge in [-0.15, -0.1) is 0 Å². The zero-order valence-electron chi connectivity index (χ0n) is 18.2. The molecule has 2 heterocycles. The van der Waals surface area contributed by atoms with E-state index in [9.17, 15) is 8.78 Å². The molecule has 0 unspecified atom stereocenters. The number of ether oxygens (including phenoxy) is 1. The van der Waals surface area contributed by atoms with Gasteiger partial charge in [0.1, 0.15) is 33.8 Å². The van der Waals surface area contributed by atoms with Crippen molar-refractivity contribution in [2.75, 3.05) is 11.9 Å². The summed E-state index contributed by atoms with van der Waals surface area (Å²) in [6.07, 6.45) is 2.59. The minimum Gasteiger partial charge on any atom is -0.374 e. The zero-order chi connectivity index (χ0) is 24.2. The molecular weight excluding hydrogens is 456 g/mol. The smallest absolute Gasteiger partial charge is 0.302 e. The summed E-state index contributed by atoms with van der Waals surface area (Å²) in [6.45, 7) is 3.29. The molecule has 1 fully saturated rings. The second kappa shape index (κ2) is 7.92. The monoisotopic (exact) mass is 478 g/mol. The molecular formula is C23H22F4N4OS. The van der Waals surface area contributed by atoms with Crippen molar-refractivity contribution in [3.63, 3.8) is 0 Å². The molecule has 33 heavy (non-hydrogen) atoms. The van der Waals surface area contributed by atoms with E-state index in [1.165, 1.54) is 20.0 Å². The standard InChI is InChI=1S/C23H22F4N4OS/c1-21(2)23(26,27)22(3,31-19(33)11-32-21)14-7-18(16(25)8-15(14)24)30-17-5-4-13-6-12(9-28)10-29-20(13)17/h6-8,10,17,30H,4-5,11H2,1-3H3,(H,31,33)/t17-,22+/m0/s1. The maximum Gasteiger partial charge on any atom is 0.302 e. The largest absolute Gasteiger partial charge is 0.374 e. The number of fused-ring (bicyclic) bond motifs is 1. The van der Waals surface area contributed by atoms with Gasteiger partial charge in [0.2, 0.25) is 0 Å². The fourth-order valence-corrected chi connectivity index (χ4v) is 4.74. The Labute approximate surface area is 194 Å². The summed E-state index contributed by atoms with van der Waals surface area (Å²) in [4.78, 5) is 4.29. The third-order valence-electron chi connectivity index (χ3n) is 6.43. The third kappa shape index (κ3) is 3.73. The summed E-state index contributed by atoms with van der Waals surface area (Å²) >= 11 is 5.12. The van der Waals surface area contributed by atoms with Crippen molar-refractivity contribution in [2.45, 2.75) is 56.7 Å². The average molecular weight is 479 g/mol. The van der Waals surface area contributed by atoms with E-state index in [2.05, 4.69) is 15.6 Å². The Morgan fingerprint density at radius 3 is 2.64 bits per heavy atom. The third-order valence-corrected chi connectivity index (χ3v) is 6.65. The van der Waals surface area contributed by atoms with E-state index in [0.29, 0.717) is 30.2 Å². The van der Waals surface area contributed by atoms with E-state index in [0.717, 1.165) is 18.6 Å². The quantitative estimate of drug-likeness (QED) is 0.483. The molecule has 4 rings (SSSR count). The van der Waals surface area contributed by atoms with Crippen LogP contribution in [0.25, 0.3) is 0 Å². The molecule has 2 N–H and O–H groups in total. The lowest BCUT2D eigenvalue weighted by atomic mass is 9.77. The first kappa shape index (κ1) is 23.4. The number of halogens is 4. The van der Waals surface area contributed by atoms with E-state index >= 15 is 8.78 Å². The number of aryl methyl sites for hydroxylation is 1. The maximum absolute atomic E-state index is 15.7. The van der Waals surface area contributed by atoms with Crippen LogP contribution in [-0.2, 0) is 16.7 Å². The van der Waals surface area contributed by atoms with Crippen LogP contribution in [0.1, 0.15) is 55.6 Å². The van der Waals surface area contributed by atoms with Crippen LogP contribution < -0.4 is 10.6 Å². The minimum absolute atomic E-state index is 0.0109. The topological polar surface area (TPSA) is 70.0 Å². The highest BCUT2D eigenvalue weighted by atomic mass is 32.1. The Morgan fingerprint density at radius 1 is 1.21 bits per heavy atom. The maximum atomic E-state index is 15.7. The highest BCUT2D eigenvalue weighted by Gasteiger charge is 2.64. The Balaban J connectivity index is 1.76. The van der Waals surface area contributed by atoms with E-state index in [1.807, 2.05) is 6.07 Å². The van der Waals surface area contributed by atoms with Gasteiger partial charge in [-0.25, -0.2) is 17.6 Å². The van der Waals surface area contributed by atoms with Crippen LogP contribution in [0, 0.1) is 23.0 Å². The van der Waals surface area contributed by atoms with Crippen LogP contribution in [-0.4, -0.2) is 28.1 Å². The first-order chi connectivity index (χ1) is 15.4. The Morgan fingerprint density at radius 2 is 1.94 bits per heavy atom. The molecule has 5 nitrogen and oxygen atoms in total. The summed E-state index contributed by atoms with van der Waals surface area (Å²) in [5.41, 5.74) is -2.95. The second-order valence-electron chi connectivity index (χ2n) is 8.97. The molecule has 174 valence electrons. The molecule has 0 radical (unpaired) electrons. The van der Waals surface area contributed by atoms with Gasteiger partial charge in [-0.1, -0.05) is 12.2 Å². The summed E-state index contributed by atoms with van der Waals surface area (Å²) in [5.74, 6) is -5.67. The van der Waals surface area contributed by atoms with Crippen LogP contribution in [0.3, 0.4) is 0 Å². The summed E-state index contributed by atoms with van der Waals surface area (Å²) in [7, 11) is 0. The van der Waals surface area contributed by atoms with Crippen molar-refractivity contribution in [1.82, 2.24) is 10.3 Å². The predicted octanol–water partition coefficient (Wildman–Crippen LogP) is 4.91. The number of hydrogen-bond donors (Lipinski definition) is 2. The molecule has 0 spiro atoms. The highest BCUT2D eigenvalue weighted by molar-refractivity contribution is 7.80. The highest BCUT2D eigenvalue weighted by Crippen LogP contribution is 2.49. The molecule has 10 heteroatoms. The van der Waals surface area contributed by atoms with Crippen molar-refractivity contribution in [3.8, 4) is 6.07 Å². The number of aromatic nitrogens is 1. The minimum atomic E-state index is -3.62. The van der Waals surface area contributed by atoms with Crippen molar-refractivity contribution in [3.05, 3.63) is 58.4 Å². The molecule has 1 aliphatic carbocycles. The summed E-state index contributed by atoms with van der Waals surface area (Å²) in [5, 5.41) is 14.6. The van der Waals surface area contributed by atoms with Gasteiger partial charge in [0.15, 0.2) is 0 Å². The van der Waals surface area contributed by atoms with Gasteiger partial charge >= 0.3 is 5.92 Å². The molecule has 0 saturated carbocycles. The van der Waals surface area contributed by atoms with Crippen LogP contribution in [0.4, 0.5) is 23.2 Å². The van der Waals surface area contributed by atoms with Crippen molar-refractivity contribution >= 4 is 22.9 Å². The number of pyridine rings is 1. The number of nitriles is 1. The fraction of sp³-hybridized carbons (Fsp3) is 0.435. The van der Waals surface area contributed by atoms with Gasteiger partial charge in [-0.2, -0.15) is 5.26 Å². The molecule has 1 aliphatic heterocycles. The van der Waals surface area contributed by atoms with Crippen molar-refractivity contribution in [1.29, 1.82) is 5.26 Å². The van der Waals surface area contributed by atoms with Crippen LogP contribution in [0.2, 0.25) is 0 Å². The number of benzene rings is 1. The fourth-order valence-electron chi connectivity index (χ4n) is 4.47. The molecule has 1 saturated heterocycles. The van der Waals surface area contributed by atoms with Crippen LogP contribution >= 0.6 is 12.2 Å². The second-order valence-corrected chi connectivity index (χ2v) is 9.47. The average Bonchev–Trinajstić information content (AvgIpc) is 3.13. The van der Waals surface area contributed by atoms with Gasteiger partial charge in [-0.05, 0) is 51.3 Å². The molecule has 0 bridgehead atoms. The normalized spacial score (nSPS) is 25.5.